The lowest BCUT2D eigenvalue weighted by atomic mass is 10.2. The number of thioether (sulfide) groups is 1. The number of hydrogen-bond donors (Lipinski definition) is 1. The van der Waals surface area contributed by atoms with Gasteiger partial charge in [-0.3, -0.25) is 9.79 Å². The second kappa shape index (κ2) is 6.56. The van der Waals surface area contributed by atoms with Gasteiger partial charge in [-0.1, -0.05) is 42.1 Å². The third kappa shape index (κ3) is 3.39. The molecule has 1 unspecified atom stereocenters. The minimum absolute atomic E-state index is 0.0447. The third-order valence-electron chi connectivity index (χ3n) is 2.91. The summed E-state index contributed by atoms with van der Waals surface area (Å²) in [5.41, 5.74) is 1.92. The molecule has 20 heavy (non-hydrogen) atoms. The Bertz CT molecular complexity index is 541. The van der Waals surface area contributed by atoms with Crippen molar-refractivity contribution >= 4 is 28.5 Å². The van der Waals surface area contributed by atoms with Gasteiger partial charge >= 0.3 is 0 Å². The van der Waals surface area contributed by atoms with Crippen LogP contribution < -0.4 is 5.32 Å². The van der Waals surface area contributed by atoms with E-state index in [4.69, 9.17) is 0 Å². The van der Waals surface area contributed by atoms with E-state index in [9.17, 15) is 4.79 Å². The summed E-state index contributed by atoms with van der Waals surface area (Å²) in [6, 6.07) is 10.0. The van der Waals surface area contributed by atoms with Gasteiger partial charge in [-0.05, 0) is 12.5 Å². The second-order valence-corrected chi connectivity index (χ2v) is 5.53. The molecule has 0 spiro atoms. The highest BCUT2D eigenvalue weighted by atomic mass is 32.2. The van der Waals surface area contributed by atoms with E-state index in [-0.39, 0.29) is 11.2 Å². The maximum absolute atomic E-state index is 11.8. The standard InChI is InChI=1S/C14H18N4OS/c1-10-12(13(19)15-2)20-14(18(3)17-10)16-9-11-7-5-4-6-8-11/h4-8,12H,9H2,1-3H3,(H,15,19). The number of amides is 1. The monoisotopic (exact) mass is 290 g/mol. The minimum Gasteiger partial charge on any atom is -0.358 e. The fraction of sp³-hybridized carbons (Fsp3) is 0.357. The number of carbonyl (C=O) groups is 1. The van der Waals surface area contributed by atoms with Gasteiger partial charge in [-0.15, -0.1) is 0 Å². The summed E-state index contributed by atoms with van der Waals surface area (Å²) in [7, 11) is 3.48. The highest BCUT2D eigenvalue weighted by molar-refractivity contribution is 8.15. The lowest BCUT2D eigenvalue weighted by Crippen LogP contribution is -2.41. The fourth-order valence-corrected chi connectivity index (χ4v) is 2.84. The summed E-state index contributed by atoms with van der Waals surface area (Å²) in [4.78, 5) is 16.4. The molecule has 0 aliphatic carbocycles. The summed E-state index contributed by atoms with van der Waals surface area (Å²) in [5, 5.41) is 9.21. The molecule has 0 saturated carbocycles. The molecule has 1 amide bonds. The summed E-state index contributed by atoms with van der Waals surface area (Å²) < 4.78 is 0. The van der Waals surface area contributed by atoms with Gasteiger partial charge in [-0.2, -0.15) is 5.10 Å². The molecule has 106 valence electrons. The molecule has 1 N–H and O–H groups in total. The molecule has 0 aromatic heterocycles. The normalized spacial score (nSPS) is 20.8. The van der Waals surface area contributed by atoms with Crippen LogP contribution in [0.2, 0.25) is 0 Å². The molecule has 1 aliphatic rings. The van der Waals surface area contributed by atoms with Crippen LogP contribution in [0.15, 0.2) is 40.4 Å². The van der Waals surface area contributed by atoms with Gasteiger partial charge in [0.15, 0.2) is 5.17 Å². The van der Waals surface area contributed by atoms with E-state index in [2.05, 4.69) is 15.4 Å². The fourth-order valence-electron chi connectivity index (χ4n) is 1.86. The number of amidine groups is 1. The van der Waals surface area contributed by atoms with Gasteiger partial charge in [0.1, 0.15) is 5.25 Å². The van der Waals surface area contributed by atoms with Crippen LogP contribution in [0, 0.1) is 0 Å². The molecule has 1 aliphatic heterocycles. The van der Waals surface area contributed by atoms with E-state index >= 15 is 0 Å². The summed E-state index contributed by atoms with van der Waals surface area (Å²) in [6.07, 6.45) is 0. The van der Waals surface area contributed by atoms with Crippen molar-refractivity contribution in [3.8, 4) is 0 Å². The van der Waals surface area contributed by atoms with Gasteiger partial charge in [0.2, 0.25) is 5.91 Å². The molecule has 1 aromatic carbocycles. The van der Waals surface area contributed by atoms with Crippen LogP contribution in [0.4, 0.5) is 0 Å². The average Bonchev–Trinajstić information content (AvgIpc) is 2.46. The lowest BCUT2D eigenvalue weighted by Gasteiger charge is -2.26. The first kappa shape index (κ1) is 14.6. The highest BCUT2D eigenvalue weighted by Gasteiger charge is 2.29. The highest BCUT2D eigenvalue weighted by Crippen LogP contribution is 2.23. The number of nitrogens with zero attached hydrogens (tertiary/aromatic N) is 3. The molecule has 2 rings (SSSR count). The maximum Gasteiger partial charge on any atom is 0.239 e. The van der Waals surface area contributed by atoms with Crippen LogP contribution >= 0.6 is 11.8 Å². The number of carbonyl (C=O) groups excluding carboxylic acids is 1. The Balaban J connectivity index is 2.14. The number of nitrogens with one attached hydrogen (secondary N) is 1. The van der Waals surface area contributed by atoms with E-state index in [1.165, 1.54) is 11.8 Å². The average molecular weight is 290 g/mol. The zero-order valence-corrected chi connectivity index (χ0v) is 12.6. The van der Waals surface area contributed by atoms with E-state index < -0.39 is 0 Å². The van der Waals surface area contributed by atoms with Gasteiger partial charge in [0, 0.05) is 14.1 Å². The van der Waals surface area contributed by atoms with Crippen molar-refractivity contribution in [3.05, 3.63) is 35.9 Å². The van der Waals surface area contributed by atoms with Crippen molar-refractivity contribution in [2.45, 2.75) is 18.7 Å². The molecular weight excluding hydrogens is 272 g/mol. The topological polar surface area (TPSA) is 57.1 Å². The molecule has 1 heterocycles. The van der Waals surface area contributed by atoms with Crippen molar-refractivity contribution in [2.75, 3.05) is 14.1 Å². The van der Waals surface area contributed by atoms with Crippen LogP contribution in [-0.4, -0.2) is 41.1 Å². The molecule has 1 aromatic rings. The Labute approximate surface area is 123 Å². The molecule has 6 heteroatoms. The number of aliphatic imine (C=N–C) groups is 1. The number of hydrazone groups is 1. The van der Waals surface area contributed by atoms with Crippen LogP contribution in [0.25, 0.3) is 0 Å². The second-order valence-electron chi connectivity index (χ2n) is 4.46. The van der Waals surface area contributed by atoms with Crippen LogP contribution in [-0.2, 0) is 11.3 Å². The van der Waals surface area contributed by atoms with Crippen molar-refractivity contribution in [1.29, 1.82) is 0 Å². The van der Waals surface area contributed by atoms with E-state index in [1.54, 1.807) is 12.1 Å². The molecular formula is C14H18N4OS. The zero-order chi connectivity index (χ0) is 14.5. The van der Waals surface area contributed by atoms with Gasteiger partial charge in [0.25, 0.3) is 0 Å². The van der Waals surface area contributed by atoms with Crippen LogP contribution in [0.1, 0.15) is 12.5 Å². The first-order valence-corrected chi connectivity index (χ1v) is 7.25. The Morgan fingerprint density at radius 1 is 1.45 bits per heavy atom. The van der Waals surface area contributed by atoms with Crippen molar-refractivity contribution in [1.82, 2.24) is 10.3 Å². The Morgan fingerprint density at radius 2 is 2.15 bits per heavy atom. The van der Waals surface area contributed by atoms with Gasteiger partial charge in [0.05, 0.1) is 12.3 Å². The van der Waals surface area contributed by atoms with Crippen molar-refractivity contribution in [2.24, 2.45) is 10.1 Å². The molecule has 0 saturated heterocycles. The van der Waals surface area contributed by atoms with Crippen molar-refractivity contribution in [3.63, 3.8) is 0 Å². The zero-order valence-electron chi connectivity index (χ0n) is 11.8. The van der Waals surface area contributed by atoms with Gasteiger partial charge in [-0.25, -0.2) is 5.01 Å². The maximum atomic E-state index is 11.8. The lowest BCUT2D eigenvalue weighted by molar-refractivity contribution is -0.119. The van der Waals surface area contributed by atoms with E-state index in [1.807, 2.05) is 44.3 Å². The van der Waals surface area contributed by atoms with Crippen molar-refractivity contribution < 1.29 is 4.79 Å². The number of hydrogen-bond acceptors (Lipinski definition) is 4. The first-order valence-electron chi connectivity index (χ1n) is 6.37. The van der Waals surface area contributed by atoms with Gasteiger partial charge < -0.3 is 5.32 Å². The molecule has 1 atom stereocenters. The van der Waals surface area contributed by atoms with E-state index in [0.29, 0.717) is 6.54 Å². The van der Waals surface area contributed by atoms with Crippen LogP contribution in [0.3, 0.4) is 0 Å². The smallest absolute Gasteiger partial charge is 0.239 e. The number of benzene rings is 1. The summed E-state index contributed by atoms with van der Waals surface area (Å²) in [6.45, 7) is 2.44. The number of rotatable bonds is 3. The molecule has 0 fully saturated rings. The predicted octanol–water partition coefficient (Wildman–Crippen LogP) is 1.71. The first-order chi connectivity index (χ1) is 9.61. The molecule has 0 bridgehead atoms. The SMILES string of the molecule is CNC(=O)C1SC(=NCc2ccccc2)N(C)N=C1C. The molecule has 0 radical (unpaired) electrons. The summed E-state index contributed by atoms with van der Waals surface area (Å²) >= 11 is 1.43. The van der Waals surface area contributed by atoms with Crippen LogP contribution in [0.5, 0.6) is 0 Å². The largest absolute Gasteiger partial charge is 0.358 e. The minimum atomic E-state index is -0.300. The Morgan fingerprint density at radius 3 is 2.80 bits per heavy atom. The Kier molecular flexibility index (Phi) is 4.79. The summed E-state index contributed by atoms with van der Waals surface area (Å²) in [5.74, 6) is -0.0447. The Hall–Kier alpha value is -1.82. The van der Waals surface area contributed by atoms with E-state index in [0.717, 1.165) is 16.4 Å². The quantitative estimate of drug-likeness (QED) is 0.922. The third-order valence-corrected chi connectivity index (χ3v) is 4.31. The molecule has 5 nitrogen and oxygen atoms in total. The predicted molar refractivity (Wildman–Crippen MR) is 83.9 cm³/mol.